The van der Waals surface area contributed by atoms with Crippen LogP contribution in [0.2, 0.25) is 0 Å². The number of carbonyl (C=O) groups excluding carboxylic acids is 1. The van der Waals surface area contributed by atoms with E-state index in [1.807, 2.05) is 67.6 Å². The molecule has 2 rings (SSSR count). The zero-order valence-electron chi connectivity index (χ0n) is 15.3. The Hall–Kier alpha value is -1.84. The lowest BCUT2D eigenvalue weighted by Gasteiger charge is -2.33. The number of rotatable bonds is 8. The highest BCUT2D eigenvalue weighted by molar-refractivity contribution is 5.87. The van der Waals surface area contributed by atoms with Gasteiger partial charge in [-0.25, -0.2) is 0 Å². The second-order valence-corrected chi connectivity index (χ2v) is 6.26. The Labute approximate surface area is 157 Å². The number of hydrogen-bond donors (Lipinski definition) is 0. The van der Waals surface area contributed by atoms with Gasteiger partial charge in [-0.1, -0.05) is 60.7 Å². The van der Waals surface area contributed by atoms with Gasteiger partial charge in [0.15, 0.2) is 0 Å². The van der Waals surface area contributed by atoms with Crippen LogP contribution in [0.5, 0.6) is 0 Å². The molecule has 4 heteroatoms. The Kier molecular flexibility index (Phi) is 8.67. The molecule has 0 unspecified atom stereocenters. The maximum atomic E-state index is 13.1. The Balaban J connectivity index is 0.00000312. The molecule has 2 aromatic rings. The summed E-state index contributed by atoms with van der Waals surface area (Å²) in [5.41, 5.74) is 1.23. The van der Waals surface area contributed by atoms with Crippen molar-refractivity contribution in [2.45, 2.75) is 25.2 Å². The minimum Gasteiger partial charge on any atom is -0.465 e. The Bertz CT molecular complexity index is 589. The topological polar surface area (TPSA) is 29.5 Å². The third-order valence-corrected chi connectivity index (χ3v) is 4.31. The van der Waals surface area contributed by atoms with Gasteiger partial charge in [0, 0.05) is 0 Å². The highest BCUT2D eigenvalue weighted by Crippen LogP contribution is 2.38. The highest BCUT2D eigenvalue weighted by atomic mass is 35.5. The fourth-order valence-electron chi connectivity index (χ4n) is 3.15. The lowest BCUT2D eigenvalue weighted by atomic mass is 9.71. The Morgan fingerprint density at radius 2 is 1.44 bits per heavy atom. The van der Waals surface area contributed by atoms with Crippen molar-refractivity contribution in [3.8, 4) is 0 Å². The van der Waals surface area contributed by atoms with Crippen LogP contribution >= 0.6 is 12.4 Å². The fourth-order valence-corrected chi connectivity index (χ4v) is 3.15. The van der Waals surface area contributed by atoms with Crippen LogP contribution < -0.4 is 0 Å². The molecule has 0 heterocycles. The molecule has 25 heavy (non-hydrogen) atoms. The summed E-state index contributed by atoms with van der Waals surface area (Å²) in [5, 5.41) is 0. The van der Waals surface area contributed by atoms with Crippen LogP contribution in [0.15, 0.2) is 60.7 Å². The van der Waals surface area contributed by atoms with Gasteiger partial charge in [-0.3, -0.25) is 4.79 Å². The largest absolute Gasteiger partial charge is 0.465 e. The molecule has 0 amide bonds. The number of benzene rings is 2. The summed E-state index contributed by atoms with van der Waals surface area (Å²) in [6.07, 6.45) is 1.63. The first-order valence-electron chi connectivity index (χ1n) is 8.54. The van der Waals surface area contributed by atoms with Crippen LogP contribution in [-0.4, -0.2) is 38.1 Å². The van der Waals surface area contributed by atoms with E-state index in [0.717, 1.165) is 30.5 Å². The third kappa shape index (κ3) is 5.07. The van der Waals surface area contributed by atoms with Crippen molar-refractivity contribution in [3.63, 3.8) is 0 Å². The summed E-state index contributed by atoms with van der Waals surface area (Å²) in [7, 11) is 4.11. The van der Waals surface area contributed by atoms with Gasteiger partial charge < -0.3 is 9.64 Å². The second-order valence-electron chi connectivity index (χ2n) is 6.26. The second kappa shape index (κ2) is 10.2. The first-order chi connectivity index (χ1) is 11.6. The summed E-state index contributed by atoms with van der Waals surface area (Å²) in [6, 6.07) is 20.0. The molecular weight excluding hydrogens is 334 g/mol. The summed E-state index contributed by atoms with van der Waals surface area (Å²) in [5.74, 6) is -0.166. The Morgan fingerprint density at radius 1 is 0.960 bits per heavy atom. The molecule has 0 radical (unpaired) electrons. The number of ether oxygens (including phenoxy) is 1. The van der Waals surface area contributed by atoms with Gasteiger partial charge in [0.25, 0.3) is 0 Å². The molecule has 0 spiro atoms. The number of nitrogens with zero attached hydrogens (tertiary/aromatic N) is 1. The summed E-state index contributed by atoms with van der Waals surface area (Å²) < 4.78 is 5.52. The van der Waals surface area contributed by atoms with Gasteiger partial charge in [-0.05, 0) is 51.5 Å². The lowest BCUT2D eigenvalue weighted by molar-refractivity contribution is -0.148. The zero-order valence-corrected chi connectivity index (χ0v) is 16.1. The quantitative estimate of drug-likeness (QED) is 0.656. The number of esters is 1. The van der Waals surface area contributed by atoms with Crippen molar-refractivity contribution in [1.82, 2.24) is 4.90 Å². The number of carbonyl (C=O) groups is 1. The standard InChI is InChI=1S/C21H27NO2.ClH/c1-4-24-20(23)21(16-11-17-22(2)3,18-12-7-5-8-13-18)19-14-9-6-10-15-19;/h5-10,12-15H,4,11,16-17H2,1-3H3;1H. The van der Waals surface area contributed by atoms with Gasteiger partial charge in [0.05, 0.1) is 6.61 Å². The van der Waals surface area contributed by atoms with Crippen LogP contribution in [-0.2, 0) is 14.9 Å². The van der Waals surface area contributed by atoms with E-state index >= 15 is 0 Å². The van der Waals surface area contributed by atoms with Gasteiger partial charge >= 0.3 is 5.97 Å². The molecule has 0 saturated carbocycles. The molecule has 0 aliphatic carbocycles. The summed E-state index contributed by atoms with van der Waals surface area (Å²) in [4.78, 5) is 15.3. The van der Waals surface area contributed by atoms with Crippen molar-refractivity contribution in [2.75, 3.05) is 27.2 Å². The van der Waals surface area contributed by atoms with Crippen molar-refractivity contribution < 1.29 is 9.53 Å². The average Bonchev–Trinajstić information content (AvgIpc) is 2.60. The van der Waals surface area contributed by atoms with Crippen LogP contribution in [0, 0.1) is 0 Å². The van der Waals surface area contributed by atoms with Crippen LogP contribution in [0.1, 0.15) is 30.9 Å². The maximum absolute atomic E-state index is 13.1. The maximum Gasteiger partial charge on any atom is 0.321 e. The lowest BCUT2D eigenvalue weighted by Crippen LogP contribution is -2.39. The summed E-state index contributed by atoms with van der Waals surface area (Å²) in [6.45, 7) is 3.17. The predicted octanol–water partition coefficient (Wildman–Crippen LogP) is 4.30. The van der Waals surface area contributed by atoms with Gasteiger partial charge in [-0.15, -0.1) is 12.4 Å². The number of halogens is 1. The minimum absolute atomic E-state index is 0. The van der Waals surface area contributed by atoms with Crippen molar-refractivity contribution in [2.24, 2.45) is 0 Å². The molecule has 0 saturated heterocycles. The van der Waals surface area contributed by atoms with Crippen molar-refractivity contribution >= 4 is 18.4 Å². The monoisotopic (exact) mass is 361 g/mol. The first kappa shape index (κ1) is 21.2. The van der Waals surface area contributed by atoms with E-state index in [2.05, 4.69) is 19.0 Å². The molecule has 0 aromatic heterocycles. The molecule has 0 aliphatic heterocycles. The molecule has 3 nitrogen and oxygen atoms in total. The van der Waals surface area contributed by atoms with Gasteiger partial charge in [-0.2, -0.15) is 0 Å². The first-order valence-corrected chi connectivity index (χ1v) is 8.54. The SMILES string of the molecule is CCOC(=O)C(CCCN(C)C)(c1ccccc1)c1ccccc1.Cl. The average molecular weight is 362 g/mol. The van der Waals surface area contributed by atoms with E-state index in [0.29, 0.717) is 6.61 Å². The van der Waals surface area contributed by atoms with Gasteiger partial charge in [0.1, 0.15) is 5.41 Å². The fraction of sp³-hybridized carbons (Fsp3) is 0.381. The van der Waals surface area contributed by atoms with E-state index in [9.17, 15) is 4.79 Å². The van der Waals surface area contributed by atoms with E-state index in [1.54, 1.807) is 0 Å². The van der Waals surface area contributed by atoms with E-state index in [4.69, 9.17) is 4.74 Å². The molecule has 136 valence electrons. The van der Waals surface area contributed by atoms with Gasteiger partial charge in [0.2, 0.25) is 0 Å². The molecule has 2 aromatic carbocycles. The van der Waals surface area contributed by atoms with E-state index in [-0.39, 0.29) is 18.4 Å². The zero-order chi connectivity index (χ0) is 17.4. The predicted molar refractivity (Wildman–Crippen MR) is 105 cm³/mol. The molecule has 0 bridgehead atoms. The van der Waals surface area contributed by atoms with E-state index in [1.165, 1.54) is 0 Å². The highest BCUT2D eigenvalue weighted by Gasteiger charge is 2.42. The van der Waals surface area contributed by atoms with Crippen molar-refractivity contribution in [3.05, 3.63) is 71.8 Å². The third-order valence-electron chi connectivity index (χ3n) is 4.31. The molecule has 0 fully saturated rings. The summed E-state index contributed by atoms with van der Waals surface area (Å²) >= 11 is 0. The number of hydrogen-bond acceptors (Lipinski definition) is 3. The normalized spacial score (nSPS) is 11.0. The molecule has 0 atom stereocenters. The molecular formula is C21H28ClNO2. The Morgan fingerprint density at radius 3 is 1.84 bits per heavy atom. The van der Waals surface area contributed by atoms with Crippen LogP contribution in [0.25, 0.3) is 0 Å². The van der Waals surface area contributed by atoms with Crippen LogP contribution in [0.3, 0.4) is 0 Å². The van der Waals surface area contributed by atoms with Crippen LogP contribution in [0.4, 0.5) is 0 Å². The molecule has 0 N–H and O–H groups in total. The van der Waals surface area contributed by atoms with Crippen molar-refractivity contribution in [1.29, 1.82) is 0 Å². The molecule has 0 aliphatic rings. The smallest absolute Gasteiger partial charge is 0.321 e. The van der Waals surface area contributed by atoms with E-state index < -0.39 is 5.41 Å². The minimum atomic E-state index is -0.755.